The lowest BCUT2D eigenvalue weighted by atomic mass is 10.2. The summed E-state index contributed by atoms with van der Waals surface area (Å²) in [6.45, 7) is 1.90. The molecule has 0 radical (unpaired) electrons. The quantitative estimate of drug-likeness (QED) is 0.887. The van der Waals surface area contributed by atoms with Crippen molar-refractivity contribution in [1.82, 2.24) is 0 Å². The van der Waals surface area contributed by atoms with Gasteiger partial charge >= 0.3 is 0 Å². The van der Waals surface area contributed by atoms with Crippen molar-refractivity contribution in [2.75, 3.05) is 5.32 Å². The molecule has 1 aromatic carbocycles. The van der Waals surface area contributed by atoms with Gasteiger partial charge in [-0.15, -0.1) is 0 Å². The predicted molar refractivity (Wildman–Crippen MR) is 57.6 cm³/mol. The first-order chi connectivity index (χ1) is 6.65. The lowest BCUT2D eigenvalue weighted by Crippen LogP contribution is -2.12. The maximum absolute atomic E-state index is 13.2. The van der Waals surface area contributed by atoms with Crippen molar-refractivity contribution in [2.24, 2.45) is 0 Å². The normalized spacial score (nSPS) is 9.93. The van der Waals surface area contributed by atoms with Crippen LogP contribution in [0.3, 0.4) is 0 Å². The van der Waals surface area contributed by atoms with Crippen molar-refractivity contribution >= 4 is 27.5 Å². The fraction of sp³-hybridized carbons (Fsp3) is 0.300. The summed E-state index contributed by atoms with van der Waals surface area (Å²) in [4.78, 5) is 11.2. The zero-order chi connectivity index (χ0) is 10.6. The summed E-state index contributed by atoms with van der Waals surface area (Å²) in [6, 6.07) is 4.58. The number of nitrogens with one attached hydrogen (secondary N) is 1. The van der Waals surface area contributed by atoms with Gasteiger partial charge in [-0.2, -0.15) is 0 Å². The zero-order valence-electron chi connectivity index (χ0n) is 7.81. The van der Waals surface area contributed by atoms with E-state index in [1.165, 1.54) is 6.07 Å². The van der Waals surface area contributed by atoms with E-state index in [-0.39, 0.29) is 11.6 Å². The molecule has 0 saturated heterocycles. The predicted octanol–water partition coefficient (Wildman–Crippen LogP) is 3.33. The van der Waals surface area contributed by atoms with E-state index in [2.05, 4.69) is 21.2 Å². The number of anilines is 1. The average Bonchev–Trinajstić information content (AvgIpc) is 2.12. The highest BCUT2D eigenvalue weighted by Gasteiger charge is 2.08. The Kier molecular flexibility index (Phi) is 4.07. The van der Waals surface area contributed by atoms with Crippen LogP contribution in [0.15, 0.2) is 22.7 Å². The summed E-state index contributed by atoms with van der Waals surface area (Å²) in [5.74, 6) is -0.595. The number of carbonyl (C=O) groups excluding carboxylic acids is 1. The minimum Gasteiger partial charge on any atom is -0.323 e. The number of halogens is 2. The van der Waals surface area contributed by atoms with Gasteiger partial charge in [0.15, 0.2) is 0 Å². The SMILES string of the molecule is CCCC(=O)Nc1c(F)cccc1Br. The smallest absolute Gasteiger partial charge is 0.224 e. The molecule has 0 heterocycles. The summed E-state index contributed by atoms with van der Waals surface area (Å²) in [7, 11) is 0. The van der Waals surface area contributed by atoms with Crippen LogP contribution >= 0.6 is 15.9 Å². The molecule has 0 atom stereocenters. The number of hydrogen-bond donors (Lipinski definition) is 1. The van der Waals surface area contributed by atoms with Crippen molar-refractivity contribution in [3.8, 4) is 0 Å². The van der Waals surface area contributed by atoms with E-state index in [9.17, 15) is 9.18 Å². The molecule has 1 rings (SSSR count). The Hall–Kier alpha value is -0.900. The first-order valence-corrected chi connectivity index (χ1v) is 5.18. The molecule has 0 aromatic heterocycles. The van der Waals surface area contributed by atoms with Crippen molar-refractivity contribution in [3.63, 3.8) is 0 Å². The van der Waals surface area contributed by atoms with Crippen molar-refractivity contribution in [2.45, 2.75) is 19.8 Å². The Bertz CT molecular complexity index is 321. The minimum atomic E-state index is -0.427. The van der Waals surface area contributed by atoms with Gasteiger partial charge in [-0.3, -0.25) is 4.79 Å². The molecule has 1 aromatic rings. The molecule has 0 fully saturated rings. The molecular formula is C10H11BrFNO. The topological polar surface area (TPSA) is 29.1 Å². The molecule has 1 amide bonds. The Balaban J connectivity index is 2.80. The Morgan fingerprint density at radius 1 is 1.57 bits per heavy atom. The molecule has 4 heteroatoms. The molecule has 0 saturated carbocycles. The van der Waals surface area contributed by atoms with Gasteiger partial charge in [-0.05, 0) is 34.5 Å². The van der Waals surface area contributed by atoms with Crippen LogP contribution in [0.1, 0.15) is 19.8 Å². The minimum absolute atomic E-state index is 0.168. The molecule has 0 aliphatic heterocycles. The fourth-order valence-corrected chi connectivity index (χ4v) is 1.49. The summed E-state index contributed by atoms with van der Waals surface area (Å²) < 4.78 is 13.8. The van der Waals surface area contributed by atoms with Crippen molar-refractivity contribution in [3.05, 3.63) is 28.5 Å². The summed E-state index contributed by atoms with van der Waals surface area (Å²) in [5.41, 5.74) is 0.214. The third-order valence-electron chi connectivity index (χ3n) is 1.70. The van der Waals surface area contributed by atoms with Crippen LogP contribution in [0.2, 0.25) is 0 Å². The molecule has 1 N–H and O–H groups in total. The second-order valence-electron chi connectivity index (χ2n) is 2.89. The van der Waals surface area contributed by atoms with Gasteiger partial charge in [0.2, 0.25) is 5.91 Å². The van der Waals surface area contributed by atoms with Gasteiger partial charge in [0.25, 0.3) is 0 Å². The maximum Gasteiger partial charge on any atom is 0.224 e. The van der Waals surface area contributed by atoms with E-state index in [0.29, 0.717) is 10.9 Å². The van der Waals surface area contributed by atoms with Crippen LogP contribution in [0, 0.1) is 5.82 Å². The van der Waals surface area contributed by atoms with E-state index in [1.54, 1.807) is 12.1 Å². The molecule has 2 nitrogen and oxygen atoms in total. The standard InChI is InChI=1S/C10H11BrFNO/c1-2-4-9(14)13-10-7(11)5-3-6-8(10)12/h3,5-6H,2,4H2,1H3,(H,13,14). The molecule has 14 heavy (non-hydrogen) atoms. The first-order valence-electron chi connectivity index (χ1n) is 4.39. The largest absolute Gasteiger partial charge is 0.323 e. The van der Waals surface area contributed by atoms with Crippen LogP contribution in [0.5, 0.6) is 0 Å². The van der Waals surface area contributed by atoms with Crippen LogP contribution in [-0.2, 0) is 4.79 Å². The summed E-state index contributed by atoms with van der Waals surface area (Å²) >= 11 is 3.17. The Morgan fingerprint density at radius 2 is 2.29 bits per heavy atom. The summed E-state index contributed by atoms with van der Waals surface area (Å²) in [5, 5.41) is 2.52. The first kappa shape index (κ1) is 11.2. The number of rotatable bonds is 3. The monoisotopic (exact) mass is 259 g/mol. The number of carbonyl (C=O) groups is 1. The second-order valence-corrected chi connectivity index (χ2v) is 3.75. The fourth-order valence-electron chi connectivity index (χ4n) is 1.05. The van der Waals surface area contributed by atoms with Crippen LogP contribution in [0.4, 0.5) is 10.1 Å². The highest BCUT2D eigenvalue weighted by atomic mass is 79.9. The van der Waals surface area contributed by atoms with E-state index < -0.39 is 5.82 Å². The molecule has 0 unspecified atom stereocenters. The highest BCUT2D eigenvalue weighted by molar-refractivity contribution is 9.10. The second kappa shape index (κ2) is 5.10. The van der Waals surface area contributed by atoms with Gasteiger partial charge in [0.1, 0.15) is 5.82 Å². The van der Waals surface area contributed by atoms with E-state index in [4.69, 9.17) is 0 Å². The number of amides is 1. The van der Waals surface area contributed by atoms with Gasteiger partial charge in [0, 0.05) is 10.9 Å². The van der Waals surface area contributed by atoms with Gasteiger partial charge in [-0.1, -0.05) is 13.0 Å². The van der Waals surface area contributed by atoms with E-state index in [0.717, 1.165) is 6.42 Å². The van der Waals surface area contributed by atoms with Crippen molar-refractivity contribution < 1.29 is 9.18 Å². The Morgan fingerprint density at radius 3 is 2.86 bits per heavy atom. The molecule has 0 aliphatic rings. The van der Waals surface area contributed by atoms with Crippen LogP contribution in [-0.4, -0.2) is 5.91 Å². The third-order valence-corrected chi connectivity index (χ3v) is 2.37. The lowest BCUT2D eigenvalue weighted by molar-refractivity contribution is -0.116. The number of benzene rings is 1. The Labute approximate surface area is 90.6 Å². The number of para-hydroxylation sites is 1. The molecular weight excluding hydrogens is 249 g/mol. The third kappa shape index (κ3) is 2.80. The highest BCUT2D eigenvalue weighted by Crippen LogP contribution is 2.25. The van der Waals surface area contributed by atoms with Gasteiger partial charge < -0.3 is 5.32 Å². The molecule has 76 valence electrons. The van der Waals surface area contributed by atoms with E-state index >= 15 is 0 Å². The molecule has 0 spiro atoms. The molecule has 0 bridgehead atoms. The summed E-state index contributed by atoms with van der Waals surface area (Å²) in [6.07, 6.45) is 1.15. The maximum atomic E-state index is 13.2. The number of hydrogen-bond acceptors (Lipinski definition) is 1. The van der Waals surface area contributed by atoms with E-state index in [1.807, 2.05) is 6.92 Å². The van der Waals surface area contributed by atoms with Gasteiger partial charge in [-0.25, -0.2) is 4.39 Å². The lowest BCUT2D eigenvalue weighted by Gasteiger charge is -2.07. The average molecular weight is 260 g/mol. The van der Waals surface area contributed by atoms with Gasteiger partial charge in [0.05, 0.1) is 5.69 Å². The zero-order valence-corrected chi connectivity index (χ0v) is 9.40. The molecule has 0 aliphatic carbocycles. The van der Waals surface area contributed by atoms with Crippen molar-refractivity contribution in [1.29, 1.82) is 0 Å². The van der Waals surface area contributed by atoms with Crippen LogP contribution in [0.25, 0.3) is 0 Å². The van der Waals surface area contributed by atoms with Crippen LogP contribution < -0.4 is 5.32 Å².